The van der Waals surface area contributed by atoms with Gasteiger partial charge >= 0.3 is 0 Å². The van der Waals surface area contributed by atoms with Crippen LogP contribution in [-0.2, 0) is 17.8 Å². The summed E-state index contributed by atoms with van der Waals surface area (Å²) < 4.78 is 2.05. The maximum atomic E-state index is 12.6. The average molecular weight is 374 g/mol. The van der Waals surface area contributed by atoms with E-state index in [1.807, 2.05) is 12.3 Å². The number of nitrogens with two attached hydrogens (primary N) is 1. The third-order valence-electron chi connectivity index (χ3n) is 5.46. The van der Waals surface area contributed by atoms with Gasteiger partial charge in [0.1, 0.15) is 5.82 Å². The zero-order valence-corrected chi connectivity index (χ0v) is 15.5. The second-order valence-corrected chi connectivity index (χ2v) is 7.75. The Morgan fingerprint density at radius 3 is 2.96 bits per heavy atom. The Balaban J connectivity index is 1.57. The molecular weight excluding hydrogens is 350 g/mol. The number of carbonyl (C=O) groups is 1. The fraction of sp³-hybridized carbons (Fsp3) is 0.526. The van der Waals surface area contributed by atoms with Gasteiger partial charge in [0.2, 0.25) is 5.91 Å². The summed E-state index contributed by atoms with van der Waals surface area (Å²) in [7, 11) is 0. The number of pyridine rings is 1. The molecule has 2 aromatic heterocycles. The zero-order chi connectivity index (χ0) is 18.1. The van der Waals surface area contributed by atoms with Gasteiger partial charge in [-0.2, -0.15) is 5.10 Å². The van der Waals surface area contributed by atoms with Gasteiger partial charge in [0.15, 0.2) is 0 Å². The van der Waals surface area contributed by atoms with Crippen molar-refractivity contribution in [1.82, 2.24) is 14.8 Å². The van der Waals surface area contributed by atoms with Gasteiger partial charge < -0.3 is 11.1 Å². The summed E-state index contributed by atoms with van der Waals surface area (Å²) in [6.07, 6.45) is 10.4. The largest absolute Gasteiger partial charge is 0.328 e. The third kappa shape index (κ3) is 3.48. The van der Waals surface area contributed by atoms with Crippen LogP contribution >= 0.6 is 11.6 Å². The summed E-state index contributed by atoms with van der Waals surface area (Å²) in [6, 6.07) is 1.97. The van der Waals surface area contributed by atoms with Crippen LogP contribution in [-0.4, -0.2) is 26.7 Å². The second kappa shape index (κ2) is 7.37. The van der Waals surface area contributed by atoms with Crippen molar-refractivity contribution in [3.8, 4) is 11.1 Å². The minimum atomic E-state index is -0.0383. The van der Waals surface area contributed by atoms with Gasteiger partial charge in [0.25, 0.3) is 0 Å². The first-order chi connectivity index (χ1) is 12.6. The molecule has 1 aliphatic heterocycles. The quantitative estimate of drug-likeness (QED) is 0.863. The van der Waals surface area contributed by atoms with E-state index in [4.69, 9.17) is 17.3 Å². The minimum Gasteiger partial charge on any atom is -0.328 e. The van der Waals surface area contributed by atoms with E-state index in [0.29, 0.717) is 10.8 Å². The molecule has 1 fully saturated rings. The van der Waals surface area contributed by atoms with Gasteiger partial charge in [-0.05, 0) is 44.6 Å². The number of aryl methyl sites for hydroxylation is 1. The standard InChI is InChI=1S/C19H24ClN5O/c20-16-11-22-18(24-19(26)12-4-3-5-13(21)8-12)9-14(16)15-10-23-25-7-2-1-6-17(15)25/h9-13H,1-8,21H2,(H,22,24,26)/t12-,13?/m1/s1. The van der Waals surface area contributed by atoms with Crippen LogP contribution in [0, 0.1) is 5.92 Å². The monoisotopic (exact) mass is 373 g/mol. The summed E-state index contributed by atoms with van der Waals surface area (Å²) >= 11 is 6.41. The summed E-state index contributed by atoms with van der Waals surface area (Å²) in [5, 5.41) is 8.01. The highest BCUT2D eigenvalue weighted by Gasteiger charge is 2.26. The molecule has 2 aromatic rings. The van der Waals surface area contributed by atoms with Crippen molar-refractivity contribution in [2.24, 2.45) is 11.7 Å². The van der Waals surface area contributed by atoms with Crippen LogP contribution in [0.15, 0.2) is 18.5 Å². The predicted molar refractivity (Wildman–Crippen MR) is 102 cm³/mol. The normalized spacial score (nSPS) is 22.7. The molecule has 3 N–H and O–H groups in total. The summed E-state index contributed by atoms with van der Waals surface area (Å²) in [5.74, 6) is 0.492. The SMILES string of the molecule is NC1CCC[C@@H](C(=O)Nc2cc(-c3cnn4c3CCCC4)c(Cl)cn2)C1. The van der Waals surface area contributed by atoms with Gasteiger partial charge in [-0.1, -0.05) is 18.0 Å². The first-order valence-electron chi connectivity index (χ1n) is 9.39. The first kappa shape index (κ1) is 17.5. The van der Waals surface area contributed by atoms with Gasteiger partial charge in [0, 0.05) is 41.5 Å². The number of nitrogens with zero attached hydrogens (tertiary/aromatic N) is 3. The molecule has 1 aliphatic carbocycles. The minimum absolute atomic E-state index is 0.00189. The molecule has 6 nitrogen and oxygen atoms in total. The number of hydrogen-bond donors (Lipinski definition) is 2. The van der Waals surface area contributed by atoms with Crippen LogP contribution in [0.2, 0.25) is 5.02 Å². The van der Waals surface area contributed by atoms with Crippen LogP contribution in [0.1, 0.15) is 44.2 Å². The molecule has 0 aromatic carbocycles. The number of halogens is 1. The fourth-order valence-electron chi connectivity index (χ4n) is 4.05. The number of nitrogens with one attached hydrogen (secondary N) is 1. The highest BCUT2D eigenvalue weighted by Crippen LogP contribution is 2.34. The first-order valence-corrected chi connectivity index (χ1v) is 9.76. The lowest BCUT2D eigenvalue weighted by molar-refractivity contribution is -0.120. The maximum absolute atomic E-state index is 12.6. The lowest BCUT2D eigenvalue weighted by atomic mass is 9.85. The molecule has 0 radical (unpaired) electrons. The van der Waals surface area contributed by atoms with E-state index in [-0.39, 0.29) is 17.9 Å². The van der Waals surface area contributed by atoms with Gasteiger partial charge in [0.05, 0.1) is 11.2 Å². The van der Waals surface area contributed by atoms with E-state index >= 15 is 0 Å². The number of hydrogen-bond acceptors (Lipinski definition) is 4. The third-order valence-corrected chi connectivity index (χ3v) is 5.77. The van der Waals surface area contributed by atoms with Crippen molar-refractivity contribution in [1.29, 1.82) is 0 Å². The molecule has 1 saturated carbocycles. The highest BCUT2D eigenvalue weighted by molar-refractivity contribution is 6.33. The molecule has 4 rings (SSSR count). The maximum Gasteiger partial charge on any atom is 0.228 e. The Kier molecular flexibility index (Phi) is 4.96. The summed E-state index contributed by atoms with van der Waals surface area (Å²) in [6.45, 7) is 0.948. The summed E-state index contributed by atoms with van der Waals surface area (Å²) in [5.41, 5.74) is 9.13. The van der Waals surface area contributed by atoms with Crippen molar-refractivity contribution in [2.75, 3.05) is 5.32 Å². The van der Waals surface area contributed by atoms with E-state index < -0.39 is 0 Å². The van der Waals surface area contributed by atoms with Crippen LogP contribution in [0.5, 0.6) is 0 Å². The molecule has 138 valence electrons. The Morgan fingerprint density at radius 2 is 2.12 bits per heavy atom. The molecule has 0 spiro atoms. The van der Waals surface area contributed by atoms with E-state index in [0.717, 1.165) is 62.6 Å². The van der Waals surface area contributed by atoms with Gasteiger partial charge in [-0.25, -0.2) is 4.98 Å². The van der Waals surface area contributed by atoms with Crippen LogP contribution in [0.3, 0.4) is 0 Å². The molecule has 7 heteroatoms. The number of aromatic nitrogens is 3. The van der Waals surface area contributed by atoms with Crippen molar-refractivity contribution in [3.63, 3.8) is 0 Å². The molecule has 26 heavy (non-hydrogen) atoms. The number of anilines is 1. The molecular formula is C19H24ClN5O. The van der Waals surface area contributed by atoms with Crippen molar-refractivity contribution in [3.05, 3.63) is 29.2 Å². The summed E-state index contributed by atoms with van der Waals surface area (Å²) in [4.78, 5) is 16.9. The Hall–Kier alpha value is -1.92. The van der Waals surface area contributed by atoms with E-state index in [2.05, 4.69) is 20.1 Å². The van der Waals surface area contributed by atoms with Gasteiger partial charge in [-0.15, -0.1) is 0 Å². The number of fused-ring (bicyclic) bond motifs is 1. The Labute approximate surface area is 158 Å². The molecule has 1 unspecified atom stereocenters. The van der Waals surface area contributed by atoms with Crippen LogP contribution < -0.4 is 11.1 Å². The Morgan fingerprint density at radius 1 is 1.23 bits per heavy atom. The van der Waals surface area contributed by atoms with Gasteiger partial charge in [-0.3, -0.25) is 9.48 Å². The number of rotatable bonds is 3. The molecule has 2 aliphatic rings. The number of amides is 1. The van der Waals surface area contributed by atoms with Crippen molar-refractivity contribution < 1.29 is 4.79 Å². The van der Waals surface area contributed by atoms with Crippen molar-refractivity contribution in [2.45, 2.75) is 57.5 Å². The van der Waals surface area contributed by atoms with Crippen LogP contribution in [0.25, 0.3) is 11.1 Å². The highest BCUT2D eigenvalue weighted by atomic mass is 35.5. The Bertz CT molecular complexity index is 818. The lowest BCUT2D eigenvalue weighted by Gasteiger charge is -2.25. The average Bonchev–Trinajstić information content (AvgIpc) is 3.07. The van der Waals surface area contributed by atoms with E-state index in [1.54, 1.807) is 6.20 Å². The molecule has 2 atom stereocenters. The van der Waals surface area contributed by atoms with Crippen LogP contribution in [0.4, 0.5) is 5.82 Å². The number of carbonyl (C=O) groups excluding carboxylic acids is 1. The lowest BCUT2D eigenvalue weighted by Crippen LogP contribution is -2.34. The smallest absolute Gasteiger partial charge is 0.228 e. The molecule has 0 bridgehead atoms. The topological polar surface area (TPSA) is 85.8 Å². The van der Waals surface area contributed by atoms with E-state index in [1.165, 1.54) is 5.69 Å². The zero-order valence-electron chi connectivity index (χ0n) is 14.7. The second-order valence-electron chi connectivity index (χ2n) is 7.35. The molecule has 0 saturated heterocycles. The molecule has 1 amide bonds. The van der Waals surface area contributed by atoms with Crippen molar-refractivity contribution >= 4 is 23.3 Å². The van der Waals surface area contributed by atoms with E-state index in [9.17, 15) is 4.79 Å². The fourth-order valence-corrected chi connectivity index (χ4v) is 4.26. The predicted octanol–water partition coefficient (Wildman–Crippen LogP) is 3.39. The molecule has 3 heterocycles.